The molecule has 0 aromatic heterocycles. The van der Waals surface area contributed by atoms with E-state index < -0.39 is 20.5 Å². The van der Waals surface area contributed by atoms with E-state index in [-0.39, 0.29) is 11.8 Å². The fourth-order valence-corrected chi connectivity index (χ4v) is 7.97. The summed E-state index contributed by atoms with van der Waals surface area (Å²) in [6.07, 6.45) is 0. The van der Waals surface area contributed by atoms with Crippen LogP contribution in [-0.2, 0) is 18.2 Å². The number of imide groups is 1. The molecule has 2 bridgehead atoms. The van der Waals surface area contributed by atoms with Gasteiger partial charge in [0.05, 0.1) is 33.3 Å². The molecule has 0 N–H and O–H groups in total. The predicted octanol–water partition coefficient (Wildman–Crippen LogP) is 5.11. The fraction of sp³-hybridized carbons (Fsp3) is 0.200. The van der Waals surface area contributed by atoms with Crippen molar-refractivity contribution >= 4 is 49.4 Å². The van der Waals surface area contributed by atoms with Crippen molar-refractivity contribution in [1.29, 1.82) is 0 Å². The number of benzene rings is 3. The minimum Gasteiger partial charge on any atom is -0.497 e. The van der Waals surface area contributed by atoms with E-state index in [0.29, 0.717) is 11.4 Å². The standard InChI is InChI=1S/C25H17Br2NO3/c1-31-15-8-6-7-14(13-15)28-22(29)20-21(23(28)30)25(27)17-10-3-2-9-16(17)24(20,26)18-11-4-5-12-19(18)25/h2-13,20-21H,1H3/t20-,21-,24?,25?/m1/s1. The van der Waals surface area contributed by atoms with E-state index in [2.05, 4.69) is 56.1 Å². The lowest BCUT2D eigenvalue weighted by Gasteiger charge is -2.55. The quantitative estimate of drug-likeness (QED) is 0.336. The molecule has 154 valence electrons. The summed E-state index contributed by atoms with van der Waals surface area (Å²) in [7, 11) is 1.57. The lowest BCUT2D eigenvalue weighted by Crippen LogP contribution is -2.56. The highest BCUT2D eigenvalue weighted by molar-refractivity contribution is 9.10. The van der Waals surface area contributed by atoms with Crippen LogP contribution >= 0.6 is 31.9 Å². The number of hydrogen-bond acceptors (Lipinski definition) is 3. The van der Waals surface area contributed by atoms with Gasteiger partial charge < -0.3 is 4.74 Å². The zero-order valence-corrected chi connectivity index (χ0v) is 19.7. The van der Waals surface area contributed by atoms with Crippen molar-refractivity contribution in [1.82, 2.24) is 0 Å². The number of anilines is 1. The highest BCUT2D eigenvalue weighted by Crippen LogP contribution is 2.70. The lowest BCUT2D eigenvalue weighted by atomic mass is 9.54. The highest BCUT2D eigenvalue weighted by Gasteiger charge is 2.72. The van der Waals surface area contributed by atoms with Crippen LogP contribution in [-0.4, -0.2) is 18.9 Å². The summed E-state index contributed by atoms with van der Waals surface area (Å²) >= 11 is 8.02. The molecule has 3 aromatic rings. The number of carbonyl (C=O) groups excluding carboxylic acids is 2. The SMILES string of the molecule is COc1cccc(N2C(=O)[C@H]3[C@H](C2=O)C2(Br)c4ccccc4C3(Br)c3ccccc32)c1. The van der Waals surface area contributed by atoms with Crippen molar-refractivity contribution in [2.24, 2.45) is 11.8 Å². The molecular weight excluding hydrogens is 522 g/mol. The van der Waals surface area contributed by atoms with Gasteiger partial charge in [-0.05, 0) is 34.4 Å². The Bertz CT molecular complexity index is 1170. The average molecular weight is 539 g/mol. The molecule has 31 heavy (non-hydrogen) atoms. The van der Waals surface area contributed by atoms with Gasteiger partial charge in [-0.3, -0.25) is 9.59 Å². The van der Waals surface area contributed by atoms with Gasteiger partial charge in [0.15, 0.2) is 0 Å². The van der Waals surface area contributed by atoms with Crippen LogP contribution in [0.2, 0.25) is 0 Å². The smallest absolute Gasteiger partial charge is 0.239 e. The summed E-state index contributed by atoms with van der Waals surface area (Å²) in [5, 5.41) is 0. The van der Waals surface area contributed by atoms with E-state index in [4.69, 9.17) is 4.74 Å². The molecule has 6 heteroatoms. The molecule has 1 fully saturated rings. The molecule has 0 saturated carbocycles. The Morgan fingerprint density at radius 2 is 1.19 bits per heavy atom. The van der Waals surface area contributed by atoms with E-state index in [0.717, 1.165) is 22.3 Å². The van der Waals surface area contributed by atoms with Gasteiger partial charge in [-0.15, -0.1) is 0 Å². The molecule has 3 aliphatic carbocycles. The first-order valence-corrected chi connectivity index (χ1v) is 11.6. The van der Waals surface area contributed by atoms with Gasteiger partial charge in [0.25, 0.3) is 0 Å². The summed E-state index contributed by atoms with van der Waals surface area (Å²) in [5.74, 6) is -0.948. The number of alkyl halides is 2. The first-order valence-electron chi connectivity index (χ1n) is 10.0. The topological polar surface area (TPSA) is 46.6 Å². The van der Waals surface area contributed by atoms with Crippen molar-refractivity contribution in [3.05, 3.63) is 95.1 Å². The molecule has 0 spiro atoms. The highest BCUT2D eigenvalue weighted by atomic mass is 79.9. The Morgan fingerprint density at radius 3 is 1.61 bits per heavy atom. The molecule has 3 aromatic carbocycles. The molecule has 1 saturated heterocycles. The Labute approximate surface area is 196 Å². The first kappa shape index (κ1) is 19.3. The van der Waals surface area contributed by atoms with E-state index in [1.807, 2.05) is 24.3 Å². The maximum absolute atomic E-state index is 13.9. The van der Waals surface area contributed by atoms with Gasteiger partial charge >= 0.3 is 0 Å². The third kappa shape index (κ3) is 2.15. The van der Waals surface area contributed by atoms with Crippen LogP contribution in [0, 0.1) is 11.8 Å². The minimum absolute atomic E-state index is 0.201. The third-order valence-corrected chi connectivity index (χ3v) is 9.59. The van der Waals surface area contributed by atoms with Gasteiger partial charge in [0, 0.05) is 6.07 Å². The number of nitrogens with zero attached hydrogens (tertiary/aromatic N) is 1. The molecule has 2 atom stereocenters. The molecular formula is C25H17Br2NO3. The molecule has 1 heterocycles. The Kier molecular flexibility index (Phi) is 3.91. The largest absolute Gasteiger partial charge is 0.497 e. The van der Waals surface area contributed by atoms with Crippen LogP contribution in [0.25, 0.3) is 0 Å². The van der Waals surface area contributed by atoms with Gasteiger partial charge in [0.2, 0.25) is 11.8 Å². The van der Waals surface area contributed by atoms with Crippen molar-refractivity contribution < 1.29 is 14.3 Å². The molecule has 7 rings (SSSR count). The monoisotopic (exact) mass is 537 g/mol. The van der Waals surface area contributed by atoms with Crippen LogP contribution < -0.4 is 9.64 Å². The second kappa shape index (κ2) is 6.30. The summed E-state index contributed by atoms with van der Waals surface area (Å²) in [6, 6.07) is 23.3. The maximum atomic E-state index is 13.9. The number of ether oxygens (including phenoxy) is 1. The summed E-state index contributed by atoms with van der Waals surface area (Å²) in [6.45, 7) is 0. The number of hydrogen-bond donors (Lipinski definition) is 0. The second-order valence-electron chi connectivity index (χ2n) is 8.18. The number of methoxy groups -OCH3 is 1. The molecule has 2 amide bonds. The van der Waals surface area contributed by atoms with Crippen molar-refractivity contribution in [3.63, 3.8) is 0 Å². The number of rotatable bonds is 2. The minimum atomic E-state index is -0.777. The van der Waals surface area contributed by atoms with E-state index in [9.17, 15) is 9.59 Å². The zero-order valence-electron chi connectivity index (χ0n) is 16.5. The average Bonchev–Trinajstić information content (AvgIpc) is 3.08. The molecule has 4 nitrogen and oxygen atoms in total. The summed E-state index contributed by atoms with van der Waals surface area (Å²) < 4.78 is 3.78. The Balaban J connectivity index is 1.64. The van der Waals surface area contributed by atoms with Crippen LogP contribution in [0.15, 0.2) is 72.8 Å². The van der Waals surface area contributed by atoms with Gasteiger partial charge in [-0.2, -0.15) is 0 Å². The number of halogens is 2. The van der Waals surface area contributed by atoms with E-state index in [1.54, 1.807) is 31.4 Å². The lowest BCUT2D eigenvalue weighted by molar-refractivity contribution is -0.122. The van der Waals surface area contributed by atoms with Crippen molar-refractivity contribution in [2.75, 3.05) is 12.0 Å². The van der Waals surface area contributed by atoms with E-state index in [1.165, 1.54) is 4.90 Å². The number of amides is 2. The normalized spacial score (nSPS) is 30.1. The second-order valence-corrected chi connectivity index (χ2v) is 10.7. The maximum Gasteiger partial charge on any atom is 0.239 e. The third-order valence-electron chi connectivity index (χ3n) is 6.90. The van der Waals surface area contributed by atoms with Crippen LogP contribution in [0.4, 0.5) is 5.69 Å². The number of carbonyl (C=O) groups is 2. The molecule has 0 unspecified atom stereocenters. The van der Waals surface area contributed by atoms with Crippen molar-refractivity contribution in [2.45, 2.75) is 8.65 Å². The van der Waals surface area contributed by atoms with Crippen LogP contribution in [0.3, 0.4) is 0 Å². The predicted molar refractivity (Wildman–Crippen MR) is 125 cm³/mol. The van der Waals surface area contributed by atoms with Gasteiger partial charge in [-0.1, -0.05) is 86.5 Å². The summed E-state index contributed by atoms with van der Waals surface area (Å²) in [4.78, 5) is 29.2. The molecule has 1 aliphatic heterocycles. The van der Waals surface area contributed by atoms with Crippen LogP contribution in [0.5, 0.6) is 5.75 Å². The van der Waals surface area contributed by atoms with Crippen LogP contribution in [0.1, 0.15) is 22.3 Å². The van der Waals surface area contributed by atoms with Gasteiger partial charge in [0.1, 0.15) is 5.75 Å². The fourth-order valence-electron chi connectivity index (χ4n) is 5.67. The summed E-state index contributed by atoms with van der Waals surface area (Å²) in [5.41, 5.74) is 4.64. The van der Waals surface area contributed by atoms with E-state index >= 15 is 0 Å². The molecule has 0 radical (unpaired) electrons. The zero-order chi connectivity index (χ0) is 21.5. The van der Waals surface area contributed by atoms with Gasteiger partial charge in [-0.25, -0.2) is 4.90 Å². The van der Waals surface area contributed by atoms with Crippen molar-refractivity contribution in [3.8, 4) is 5.75 Å². The molecule has 4 aliphatic rings. The Morgan fingerprint density at radius 1 is 0.742 bits per heavy atom. The Hall–Kier alpha value is -2.44. The first-order chi connectivity index (χ1) is 14.9.